The number of rotatable bonds is 0. The van der Waals surface area contributed by atoms with Gasteiger partial charge in [-0.25, -0.2) is 0 Å². The first-order chi connectivity index (χ1) is 7.33. The van der Waals surface area contributed by atoms with E-state index in [2.05, 4.69) is 47.4 Å². The maximum Gasteiger partial charge on any atom is 0.0837 e. The maximum atomic E-state index is 4.56. The minimum Gasteiger partial charge on any atom is -0.292 e. The molecule has 2 aliphatic rings. The van der Waals surface area contributed by atoms with Gasteiger partial charge in [0.15, 0.2) is 0 Å². The molecule has 0 aromatic heterocycles. The van der Waals surface area contributed by atoms with E-state index in [1.807, 2.05) is 0 Å². The number of likely N-dealkylation sites (tertiary alicyclic amines) is 1. The van der Waals surface area contributed by atoms with Crippen LogP contribution in [0.15, 0.2) is 29.3 Å². The largest absolute Gasteiger partial charge is 0.292 e. The third-order valence-corrected chi connectivity index (χ3v) is 3.77. The van der Waals surface area contributed by atoms with E-state index in [1.54, 1.807) is 0 Å². The summed E-state index contributed by atoms with van der Waals surface area (Å²) in [7, 11) is 2.22. The molecule has 2 nitrogen and oxygen atoms in total. The van der Waals surface area contributed by atoms with Crippen LogP contribution in [0.25, 0.3) is 0 Å². The minimum atomic E-state index is 0.106. The highest BCUT2D eigenvalue weighted by Gasteiger charge is 2.41. The third kappa shape index (κ3) is 1.18. The molecular formula is C13H16N2. The summed E-state index contributed by atoms with van der Waals surface area (Å²) in [5.74, 6) is 0. The first-order valence-corrected chi connectivity index (χ1v) is 5.69. The molecule has 1 unspecified atom stereocenters. The third-order valence-electron chi connectivity index (χ3n) is 3.77. The average molecular weight is 200 g/mol. The molecule has 1 aromatic carbocycles. The standard InChI is InChI=1S/C13H16N2/c1-15-9-5-4-8-13(15)10-14-12-7-3-2-6-11(12)13/h2-3,6-7,10H,4-5,8-9H2,1H3. The van der Waals surface area contributed by atoms with Crippen LogP contribution in [-0.4, -0.2) is 24.7 Å². The van der Waals surface area contributed by atoms with Gasteiger partial charge in [-0.05, 0) is 38.9 Å². The number of benzene rings is 1. The summed E-state index contributed by atoms with van der Waals surface area (Å²) < 4.78 is 0. The topological polar surface area (TPSA) is 15.6 Å². The fraction of sp³-hybridized carbons (Fsp3) is 0.462. The van der Waals surface area contributed by atoms with Crippen LogP contribution in [0.5, 0.6) is 0 Å². The van der Waals surface area contributed by atoms with E-state index in [0.717, 1.165) is 5.69 Å². The van der Waals surface area contributed by atoms with Gasteiger partial charge in [0.1, 0.15) is 0 Å². The number of piperidine rings is 1. The molecular weight excluding hydrogens is 184 g/mol. The van der Waals surface area contributed by atoms with Crippen LogP contribution in [0.2, 0.25) is 0 Å². The summed E-state index contributed by atoms with van der Waals surface area (Å²) in [5.41, 5.74) is 2.66. The van der Waals surface area contributed by atoms with Gasteiger partial charge in [0.25, 0.3) is 0 Å². The zero-order valence-electron chi connectivity index (χ0n) is 9.11. The molecule has 3 rings (SSSR count). The van der Waals surface area contributed by atoms with E-state index < -0.39 is 0 Å². The first-order valence-electron chi connectivity index (χ1n) is 5.69. The van der Waals surface area contributed by atoms with Gasteiger partial charge in [-0.2, -0.15) is 0 Å². The van der Waals surface area contributed by atoms with Gasteiger partial charge in [0.2, 0.25) is 0 Å². The Morgan fingerprint density at radius 2 is 2.13 bits per heavy atom. The fourth-order valence-electron chi connectivity index (χ4n) is 2.84. The number of aliphatic imine (C=N–C) groups is 1. The SMILES string of the molecule is CN1CCCCC12C=Nc1ccccc12. The monoisotopic (exact) mass is 200 g/mol. The molecule has 78 valence electrons. The Morgan fingerprint density at radius 1 is 1.27 bits per heavy atom. The van der Waals surface area contributed by atoms with Crippen molar-refractivity contribution >= 4 is 11.9 Å². The van der Waals surface area contributed by atoms with E-state index in [-0.39, 0.29) is 5.54 Å². The quantitative estimate of drug-likeness (QED) is 0.628. The lowest BCUT2D eigenvalue weighted by Crippen LogP contribution is -2.47. The summed E-state index contributed by atoms with van der Waals surface area (Å²) in [5, 5.41) is 0. The second-order valence-corrected chi connectivity index (χ2v) is 4.58. The van der Waals surface area contributed by atoms with Crippen molar-refractivity contribution in [3.05, 3.63) is 29.8 Å². The van der Waals surface area contributed by atoms with Crippen LogP contribution < -0.4 is 0 Å². The van der Waals surface area contributed by atoms with Crippen LogP contribution in [0.1, 0.15) is 24.8 Å². The van der Waals surface area contributed by atoms with Gasteiger partial charge < -0.3 is 0 Å². The molecule has 2 heteroatoms. The normalized spacial score (nSPS) is 29.7. The second kappa shape index (κ2) is 3.17. The Morgan fingerprint density at radius 3 is 3.00 bits per heavy atom. The van der Waals surface area contributed by atoms with Crippen molar-refractivity contribution in [2.45, 2.75) is 24.8 Å². The molecule has 2 aliphatic heterocycles. The molecule has 1 saturated heterocycles. The lowest BCUT2D eigenvalue weighted by atomic mass is 9.82. The molecule has 1 spiro atoms. The zero-order valence-corrected chi connectivity index (χ0v) is 9.11. The number of nitrogens with zero attached hydrogens (tertiary/aromatic N) is 2. The van der Waals surface area contributed by atoms with Gasteiger partial charge >= 0.3 is 0 Å². The van der Waals surface area contributed by atoms with Crippen molar-refractivity contribution < 1.29 is 0 Å². The minimum absolute atomic E-state index is 0.106. The van der Waals surface area contributed by atoms with Crippen LogP contribution in [0.4, 0.5) is 5.69 Å². The van der Waals surface area contributed by atoms with Crippen molar-refractivity contribution in [3.63, 3.8) is 0 Å². The van der Waals surface area contributed by atoms with E-state index in [9.17, 15) is 0 Å². The lowest BCUT2D eigenvalue weighted by molar-refractivity contribution is 0.142. The Balaban J connectivity index is 2.11. The van der Waals surface area contributed by atoms with Crippen LogP contribution in [0.3, 0.4) is 0 Å². The van der Waals surface area contributed by atoms with Gasteiger partial charge in [-0.15, -0.1) is 0 Å². The molecule has 1 atom stereocenters. The van der Waals surface area contributed by atoms with Crippen LogP contribution in [0, 0.1) is 0 Å². The number of hydrogen-bond donors (Lipinski definition) is 0. The van der Waals surface area contributed by atoms with E-state index in [4.69, 9.17) is 0 Å². The average Bonchev–Trinajstić information content (AvgIpc) is 2.64. The molecule has 0 amide bonds. The van der Waals surface area contributed by atoms with E-state index in [0.29, 0.717) is 0 Å². The Bertz CT molecular complexity index is 411. The predicted octanol–water partition coefficient (Wildman–Crippen LogP) is 2.71. The van der Waals surface area contributed by atoms with Crippen molar-refractivity contribution in [2.24, 2.45) is 4.99 Å². The molecule has 15 heavy (non-hydrogen) atoms. The Labute approximate surface area is 90.6 Å². The molecule has 1 aromatic rings. The van der Waals surface area contributed by atoms with Gasteiger partial charge in [-0.1, -0.05) is 18.2 Å². The Hall–Kier alpha value is -1.15. The number of fused-ring (bicyclic) bond motifs is 2. The van der Waals surface area contributed by atoms with E-state index in [1.165, 1.54) is 31.4 Å². The van der Waals surface area contributed by atoms with Crippen molar-refractivity contribution in [3.8, 4) is 0 Å². The first kappa shape index (κ1) is 9.10. The summed E-state index contributed by atoms with van der Waals surface area (Å²) >= 11 is 0. The highest BCUT2D eigenvalue weighted by molar-refractivity contribution is 5.84. The van der Waals surface area contributed by atoms with Crippen LogP contribution >= 0.6 is 0 Å². The highest BCUT2D eigenvalue weighted by atomic mass is 15.2. The van der Waals surface area contributed by atoms with Gasteiger partial charge in [0, 0.05) is 11.8 Å². The van der Waals surface area contributed by atoms with Crippen molar-refractivity contribution in [1.29, 1.82) is 0 Å². The van der Waals surface area contributed by atoms with Gasteiger partial charge in [0.05, 0.1) is 11.2 Å². The summed E-state index contributed by atoms with van der Waals surface area (Å²) in [6, 6.07) is 8.53. The smallest absolute Gasteiger partial charge is 0.0837 e. The molecule has 0 bridgehead atoms. The predicted molar refractivity (Wildman–Crippen MR) is 62.8 cm³/mol. The van der Waals surface area contributed by atoms with Crippen molar-refractivity contribution in [1.82, 2.24) is 4.90 Å². The fourth-order valence-corrected chi connectivity index (χ4v) is 2.84. The molecule has 0 saturated carbocycles. The lowest BCUT2D eigenvalue weighted by Gasteiger charge is -2.41. The summed E-state index contributed by atoms with van der Waals surface area (Å²) in [4.78, 5) is 7.01. The molecule has 0 radical (unpaired) electrons. The van der Waals surface area contributed by atoms with Crippen LogP contribution in [-0.2, 0) is 5.54 Å². The van der Waals surface area contributed by atoms with E-state index >= 15 is 0 Å². The number of hydrogen-bond acceptors (Lipinski definition) is 2. The highest BCUT2D eigenvalue weighted by Crippen LogP contribution is 2.43. The maximum absolute atomic E-state index is 4.56. The zero-order chi connectivity index (χ0) is 10.3. The summed E-state index contributed by atoms with van der Waals surface area (Å²) in [6.45, 7) is 1.18. The van der Waals surface area contributed by atoms with Crippen molar-refractivity contribution in [2.75, 3.05) is 13.6 Å². The molecule has 0 N–H and O–H groups in total. The molecule has 0 aliphatic carbocycles. The Kier molecular flexibility index (Phi) is 1.93. The second-order valence-electron chi connectivity index (χ2n) is 4.58. The van der Waals surface area contributed by atoms with Gasteiger partial charge in [-0.3, -0.25) is 9.89 Å². The summed E-state index contributed by atoms with van der Waals surface area (Å²) in [6.07, 6.45) is 5.99. The number of para-hydroxylation sites is 1. The molecule has 2 heterocycles. The molecule has 1 fully saturated rings.